The topological polar surface area (TPSA) is 161 Å². The zero-order valence-corrected chi connectivity index (χ0v) is 15.6. The fraction of sp³-hybridized carbons (Fsp3) is 0. The van der Waals surface area contributed by atoms with E-state index in [0.29, 0.717) is 0 Å². The van der Waals surface area contributed by atoms with E-state index in [9.17, 15) is 19.8 Å². The first-order chi connectivity index (χ1) is 15.1. The molecule has 11 heteroatoms. The van der Waals surface area contributed by atoms with Crippen molar-refractivity contribution in [1.29, 1.82) is 0 Å². The molecule has 0 aliphatic carbocycles. The lowest BCUT2D eigenvalue weighted by Gasteiger charge is -2.10. The molecule has 0 aliphatic heterocycles. The lowest BCUT2D eigenvalue weighted by Crippen LogP contribution is -2.13. The number of carbonyl (C=O) groups excluding carboxylic acids is 2. The molecule has 0 unspecified atom stereocenters. The molecule has 2 heterocycles. The van der Waals surface area contributed by atoms with Crippen molar-refractivity contribution in [2.24, 2.45) is 0 Å². The average molecular weight is 416 g/mol. The molecule has 0 atom stereocenters. The quantitative estimate of drug-likeness (QED) is 0.368. The highest BCUT2D eigenvalue weighted by Gasteiger charge is 2.24. The van der Waals surface area contributed by atoms with Gasteiger partial charge in [-0.25, -0.2) is 9.59 Å². The Morgan fingerprint density at radius 3 is 1.52 bits per heavy atom. The first kappa shape index (κ1) is 19.5. The number of hydrogen-bond donors (Lipinski definition) is 2. The number of esters is 2. The van der Waals surface area contributed by atoms with Crippen LogP contribution in [0.1, 0.15) is 20.7 Å². The molecule has 31 heavy (non-hydrogen) atoms. The van der Waals surface area contributed by atoms with E-state index in [0.717, 1.165) is 0 Å². The minimum Gasteiger partial charge on any atom is -0.506 e. The number of rotatable bonds is 4. The van der Waals surface area contributed by atoms with E-state index in [1.54, 1.807) is 0 Å². The summed E-state index contributed by atoms with van der Waals surface area (Å²) in [5.74, 6) is -3.10. The van der Waals surface area contributed by atoms with Crippen LogP contribution in [0.4, 0.5) is 0 Å². The fourth-order valence-corrected chi connectivity index (χ4v) is 2.79. The Labute approximate surface area is 174 Å². The molecule has 0 radical (unpaired) electrons. The summed E-state index contributed by atoms with van der Waals surface area (Å²) in [5.41, 5.74) is 0.436. The molecule has 2 aromatic heterocycles. The van der Waals surface area contributed by atoms with E-state index >= 15 is 0 Å². The minimum absolute atomic E-state index is 0.206. The molecule has 2 N–H and O–H groups in total. The predicted molar refractivity (Wildman–Crippen MR) is 104 cm³/mol. The van der Waals surface area contributed by atoms with Gasteiger partial charge in [-0.3, -0.25) is 0 Å². The molecule has 0 saturated carbocycles. The van der Waals surface area contributed by atoms with E-state index in [-0.39, 0.29) is 33.6 Å². The fourth-order valence-electron chi connectivity index (χ4n) is 2.79. The van der Waals surface area contributed by atoms with Crippen molar-refractivity contribution in [3.63, 3.8) is 0 Å². The Hall–Kier alpha value is -4.80. The maximum atomic E-state index is 12.5. The van der Waals surface area contributed by atoms with Gasteiger partial charge in [-0.2, -0.15) is 0 Å². The highest BCUT2D eigenvalue weighted by molar-refractivity contribution is 6.06. The number of aromatic hydroxyl groups is 2. The Bertz CT molecular complexity index is 1170. The van der Waals surface area contributed by atoms with Gasteiger partial charge in [-0.15, -0.1) is 20.4 Å². The van der Waals surface area contributed by atoms with Gasteiger partial charge >= 0.3 is 11.9 Å². The molecular formula is C20H12N6O5. The van der Waals surface area contributed by atoms with Gasteiger partial charge in [0.15, 0.2) is 0 Å². The zero-order chi connectivity index (χ0) is 21.8. The second-order valence-corrected chi connectivity index (χ2v) is 6.09. The van der Waals surface area contributed by atoms with Crippen molar-refractivity contribution in [3.8, 4) is 34.0 Å². The van der Waals surface area contributed by atoms with E-state index in [2.05, 4.69) is 30.8 Å². The van der Waals surface area contributed by atoms with Crippen LogP contribution in [0.25, 0.3) is 22.5 Å². The van der Waals surface area contributed by atoms with Crippen LogP contribution in [0.5, 0.6) is 11.5 Å². The Kier molecular flexibility index (Phi) is 5.22. The van der Waals surface area contributed by atoms with E-state index in [4.69, 9.17) is 4.74 Å². The maximum absolute atomic E-state index is 12.5. The van der Waals surface area contributed by atoms with Gasteiger partial charge in [0.1, 0.15) is 34.0 Å². The number of para-hydroxylation sites is 2. The van der Waals surface area contributed by atoms with Gasteiger partial charge in [0.2, 0.25) is 0 Å². The average Bonchev–Trinajstić information content (AvgIpc) is 2.80. The summed E-state index contributed by atoms with van der Waals surface area (Å²) in [4.78, 5) is 25.1. The molecule has 2 aromatic carbocycles. The summed E-state index contributed by atoms with van der Waals surface area (Å²) in [6.07, 6.45) is 2.75. The van der Waals surface area contributed by atoms with Crippen LogP contribution in [0, 0.1) is 0 Å². The third-order valence-corrected chi connectivity index (χ3v) is 4.26. The van der Waals surface area contributed by atoms with Crippen LogP contribution in [-0.2, 0) is 4.74 Å². The number of carbonyl (C=O) groups is 2. The normalized spacial score (nSPS) is 10.5. The van der Waals surface area contributed by atoms with Crippen LogP contribution < -0.4 is 0 Å². The monoisotopic (exact) mass is 416 g/mol. The number of aromatic nitrogens is 6. The van der Waals surface area contributed by atoms with Crippen molar-refractivity contribution in [3.05, 3.63) is 72.1 Å². The smallest absolute Gasteiger partial charge is 0.349 e. The summed E-state index contributed by atoms with van der Waals surface area (Å²) < 4.78 is 4.87. The largest absolute Gasteiger partial charge is 0.506 e. The van der Waals surface area contributed by atoms with Gasteiger partial charge in [-0.1, -0.05) is 12.1 Å². The first-order valence-electron chi connectivity index (χ1n) is 8.76. The molecule has 4 aromatic rings. The lowest BCUT2D eigenvalue weighted by atomic mass is 10.1. The Balaban J connectivity index is 1.61. The lowest BCUT2D eigenvalue weighted by molar-refractivity contribution is 0.0394. The number of ether oxygens (including phenoxy) is 1. The highest BCUT2D eigenvalue weighted by Crippen LogP contribution is 2.33. The van der Waals surface area contributed by atoms with E-state index in [1.165, 1.54) is 60.9 Å². The summed E-state index contributed by atoms with van der Waals surface area (Å²) in [7, 11) is 0. The maximum Gasteiger partial charge on any atom is 0.349 e. The number of benzene rings is 2. The first-order valence-corrected chi connectivity index (χ1v) is 8.76. The summed E-state index contributed by atoms with van der Waals surface area (Å²) in [6.45, 7) is 0. The third-order valence-electron chi connectivity index (χ3n) is 4.26. The van der Waals surface area contributed by atoms with Crippen LogP contribution >= 0.6 is 0 Å². The van der Waals surface area contributed by atoms with E-state index < -0.39 is 23.4 Å². The summed E-state index contributed by atoms with van der Waals surface area (Å²) >= 11 is 0. The number of phenolic OH excluding ortho intramolecular Hbond substituents is 2. The SMILES string of the molecule is O=C(OC(=O)c1cccc(-c2ccnnn2)c1O)c1cccc(-c2ccnnn2)c1O. The van der Waals surface area contributed by atoms with Crippen molar-refractivity contribution in [2.45, 2.75) is 0 Å². The number of phenols is 2. The van der Waals surface area contributed by atoms with Crippen molar-refractivity contribution in [2.75, 3.05) is 0 Å². The second-order valence-electron chi connectivity index (χ2n) is 6.09. The third kappa shape index (κ3) is 3.87. The van der Waals surface area contributed by atoms with Crippen molar-refractivity contribution < 1.29 is 24.5 Å². The molecule has 0 spiro atoms. The number of hydrogen-bond acceptors (Lipinski definition) is 11. The van der Waals surface area contributed by atoms with Crippen LogP contribution in [-0.4, -0.2) is 53.0 Å². The van der Waals surface area contributed by atoms with Crippen molar-refractivity contribution in [1.82, 2.24) is 30.8 Å². The molecule has 11 nitrogen and oxygen atoms in total. The van der Waals surface area contributed by atoms with Gasteiger partial charge in [0.05, 0.1) is 12.4 Å². The Morgan fingerprint density at radius 2 is 1.13 bits per heavy atom. The highest BCUT2D eigenvalue weighted by atomic mass is 16.6. The van der Waals surface area contributed by atoms with Gasteiger partial charge in [0.25, 0.3) is 0 Å². The van der Waals surface area contributed by atoms with Crippen LogP contribution in [0.2, 0.25) is 0 Å². The summed E-state index contributed by atoms with van der Waals surface area (Å²) in [5, 5.41) is 42.6. The summed E-state index contributed by atoms with van der Waals surface area (Å²) in [6, 6.07) is 11.6. The molecule has 0 saturated heterocycles. The minimum atomic E-state index is -1.11. The van der Waals surface area contributed by atoms with E-state index in [1.807, 2.05) is 0 Å². The van der Waals surface area contributed by atoms with Gasteiger partial charge < -0.3 is 14.9 Å². The molecule has 4 rings (SSSR count). The predicted octanol–water partition coefficient (Wildman–Crippen LogP) is 1.80. The molecule has 0 amide bonds. The zero-order valence-electron chi connectivity index (χ0n) is 15.6. The van der Waals surface area contributed by atoms with Crippen molar-refractivity contribution >= 4 is 11.9 Å². The molecule has 152 valence electrons. The standard InChI is InChI=1S/C20H12N6O5/c27-17-11(15-7-9-21-25-23-15)3-1-5-13(17)19(29)31-20(30)14-6-2-4-12(18(14)28)16-8-10-22-26-24-16/h1-10,27-28H. The molecule has 0 fully saturated rings. The van der Waals surface area contributed by atoms with Crippen LogP contribution in [0.15, 0.2) is 60.9 Å². The number of nitrogens with zero attached hydrogens (tertiary/aromatic N) is 6. The molecular weight excluding hydrogens is 404 g/mol. The molecule has 0 aliphatic rings. The van der Waals surface area contributed by atoms with Gasteiger partial charge in [0, 0.05) is 11.1 Å². The second kappa shape index (κ2) is 8.29. The van der Waals surface area contributed by atoms with Crippen LogP contribution in [0.3, 0.4) is 0 Å². The Morgan fingerprint density at radius 1 is 0.677 bits per heavy atom. The van der Waals surface area contributed by atoms with Gasteiger partial charge in [-0.05, 0) is 46.8 Å². The molecule has 0 bridgehead atoms.